The number of benzene rings is 1. The molecule has 1 amide bonds. The Balaban J connectivity index is 2.39. The van der Waals surface area contributed by atoms with Crippen molar-refractivity contribution in [2.45, 2.75) is 27.7 Å². The number of hydrogen-bond acceptors (Lipinski definition) is 4. The summed E-state index contributed by atoms with van der Waals surface area (Å²) in [6, 6.07) is 6.34. The molecule has 0 atom stereocenters. The third kappa shape index (κ3) is 2.95. The lowest BCUT2D eigenvalue weighted by molar-refractivity contribution is -0.385. The van der Waals surface area contributed by atoms with Crippen molar-refractivity contribution in [3.63, 3.8) is 0 Å². The van der Waals surface area contributed by atoms with Crippen LogP contribution in [-0.2, 0) is 0 Å². The van der Waals surface area contributed by atoms with Crippen LogP contribution in [-0.4, -0.2) is 15.8 Å². The van der Waals surface area contributed by atoms with Gasteiger partial charge in [-0.1, -0.05) is 6.07 Å². The molecule has 2 rings (SSSR count). The molecule has 0 unspecified atom stereocenters. The number of amides is 1. The highest BCUT2D eigenvalue weighted by Gasteiger charge is 2.19. The number of aryl methyl sites for hydroxylation is 3. The van der Waals surface area contributed by atoms with Crippen LogP contribution in [0.3, 0.4) is 0 Å². The molecular weight excluding hydrogens is 282 g/mol. The third-order valence-electron chi connectivity index (χ3n) is 3.51. The van der Waals surface area contributed by atoms with Crippen LogP contribution in [0.5, 0.6) is 0 Å². The molecule has 22 heavy (non-hydrogen) atoms. The van der Waals surface area contributed by atoms with Gasteiger partial charge < -0.3 is 5.32 Å². The number of hydrogen-bond donors (Lipinski definition) is 1. The van der Waals surface area contributed by atoms with Crippen molar-refractivity contribution in [3.8, 4) is 0 Å². The van der Waals surface area contributed by atoms with Gasteiger partial charge in [-0.2, -0.15) is 0 Å². The molecular formula is C16H17N3O3. The van der Waals surface area contributed by atoms with Gasteiger partial charge in [-0.15, -0.1) is 0 Å². The lowest BCUT2D eigenvalue weighted by Crippen LogP contribution is -2.16. The number of anilines is 1. The summed E-state index contributed by atoms with van der Waals surface area (Å²) >= 11 is 0. The number of aromatic nitrogens is 1. The van der Waals surface area contributed by atoms with Gasteiger partial charge in [-0.3, -0.25) is 19.9 Å². The van der Waals surface area contributed by atoms with Gasteiger partial charge in [0, 0.05) is 22.9 Å². The Kier molecular flexibility index (Phi) is 4.21. The number of nitro benzene ring substituents is 1. The summed E-state index contributed by atoms with van der Waals surface area (Å²) in [6.07, 6.45) is 0. The Bertz CT molecular complexity index is 746. The van der Waals surface area contributed by atoms with Gasteiger partial charge >= 0.3 is 0 Å². The Morgan fingerprint density at radius 2 is 1.91 bits per heavy atom. The standard InChI is InChI=1S/C16H17N3O3/c1-9-8-10(2)17-12(4)15(9)18-16(20)13-6-5-7-14(11(13)3)19(21)22/h5-8H,1-4H3,(H,18,20). The van der Waals surface area contributed by atoms with Crippen molar-refractivity contribution >= 4 is 17.3 Å². The predicted molar refractivity (Wildman–Crippen MR) is 84.2 cm³/mol. The largest absolute Gasteiger partial charge is 0.320 e. The molecule has 0 saturated heterocycles. The van der Waals surface area contributed by atoms with E-state index >= 15 is 0 Å². The Labute approximate surface area is 128 Å². The van der Waals surface area contributed by atoms with E-state index in [-0.39, 0.29) is 17.2 Å². The molecule has 6 heteroatoms. The Hall–Kier alpha value is -2.76. The maximum atomic E-state index is 12.4. The molecule has 1 heterocycles. The first kappa shape index (κ1) is 15.6. The molecule has 1 aromatic carbocycles. The quantitative estimate of drug-likeness (QED) is 0.694. The zero-order valence-electron chi connectivity index (χ0n) is 12.9. The molecule has 0 bridgehead atoms. The van der Waals surface area contributed by atoms with E-state index in [1.165, 1.54) is 12.1 Å². The minimum Gasteiger partial charge on any atom is -0.320 e. The Morgan fingerprint density at radius 1 is 1.23 bits per heavy atom. The van der Waals surface area contributed by atoms with E-state index in [1.807, 2.05) is 26.8 Å². The van der Waals surface area contributed by atoms with E-state index in [1.54, 1.807) is 13.0 Å². The van der Waals surface area contributed by atoms with Gasteiger partial charge in [-0.05, 0) is 45.4 Å². The van der Waals surface area contributed by atoms with Crippen LogP contribution < -0.4 is 5.32 Å². The zero-order valence-corrected chi connectivity index (χ0v) is 12.9. The summed E-state index contributed by atoms with van der Waals surface area (Å²) in [5.74, 6) is -0.377. The van der Waals surface area contributed by atoms with Gasteiger partial charge in [-0.25, -0.2) is 0 Å². The van der Waals surface area contributed by atoms with E-state index in [0.29, 0.717) is 16.9 Å². The first-order valence-corrected chi connectivity index (χ1v) is 6.81. The van der Waals surface area contributed by atoms with Crippen LogP contribution in [0.1, 0.15) is 32.9 Å². The highest BCUT2D eigenvalue weighted by Crippen LogP contribution is 2.24. The lowest BCUT2D eigenvalue weighted by Gasteiger charge is -2.13. The van der Waals surface area contributed by atoms with Crippen molar-refractivity contribution in [1.82, 2.24) is 4.98 Å². The van der Waals surface area contributed by atoms with Crippen LogP contribution in [0.4, 0.5) is 11.4 Å². The number of carbonyl (C=O) groups is 1. The van der Waals surface area contributed by atoms with Crippen LogP contribution in [0.25, 0.3) is 0 Å². The van der Waals surface area contributed by atoms with Gasteiger partial charge in [0.25, 0.3) is 11.6 Å². The summed E-state index contributed by atoms with van der Waals surface area (Å²) in [6.45, 7) is 7.16. The highest BCUT2D eigenvalue weighted by atomic mass is 16.6. The molecule has 0 aliphatic carbocycles. The van der Waals surface area contributed by atoms with E-state index < -0.39 is 4.92 Å². The monoisotopic (exact) mass is 299 g/mol. The number of nitro groups is 1. The number of nitrogens with one attached hydrogen (secondary N) is 1. The third-order valence-corrected chi connectivity index (χ3v) is 3.51. The maximum absolute atomic E-state index is 12.4. The number of carbonyl (C=O) groups excluding carboxylic acids is 1. The molecule has 0 aliphatic heterocycles. The smallest absolute Gasteiger partial charge is 0.273 e. The van der Waals surface area contributed by atoms with Crippen molar-refractivity contribution < 1.29 is 9.72 Å². The fraction of sp³-hybridized carbons (Fsp3) is 0.250. The first-order chi connectivity index (χ1) is 10.3. The van der Waals surface area contributed by atoms with E-state index in [4.69, 9.17) is 0 Å². The molecule has 0 fully saturated rings. The Morgan fingerprint density at radius 3 is 2.50 bits per heavy atom. The molecule has 0 radical (unpaired) electrons. The molecule has 6 nitrogen and oxygen atoms in total. The fourth-order valence-electron chi connectivity index (χ4n) is 2.46. The average molecular weight is 299 g/mol. The molecule has 0 saturated carbocycles. The van der Waals surface area contributed by atoms with Crippen LogP contribution >= 0.6 is 0 Å². The van der Waals surface area contributed by atoms with Crippen molar-refractivity contribution in [3.05, 3.63) is 62.5 Å². The van der Waals surface area contributed by atoms with Gasteiger partial charge in [0.15, 0.2) is 0 Å². The second-order valence-corrected chi connectivity index (χ2v) is 5.20. The van der Waals surface area contributed by atoms with E-state index in [9.17, 15) is 14.9 Å². The molecule has 2 aromatic rings. The molecule has 1 aromatic heterocycles. The molecule has 0 aliphatic rings. The first-order valence-electron chi connectivity index (χ1n) is 6.81. The van der Waals surface area contributed by atoms with Crippen LogP contribution in [0.2, 0.25) is 0 Å². The van der Waals surface area contributed by atoms with Gasteiger partial charge in [0.1, 0.15) is 0 Å². The van der Waals surface area contributed by atoms with Crippen LogP contribution in [0, 0.1) is 37.8 Å². The summed E-state index contributed by atoms with van der Waals surface area (Å²) in [4.78, 5) is 27.2. The normalized spacial score (nSPS) is 10.4. The van der Waals surface area contributed by atoms with Gasteiger partial charge in [0.05, 0.1) is 16.3 Å². The lowest BCUT2D eigenvalue weighted by atomic mass is 10.1. The summed E-state index contributed by atoms with van der Waals surface area (Å²) in [5, 5.41) is 13.8. The second kappa shape index (κ2) is 5.93. The minimum atomic E-state index is -0.490. The SMILES string of the molecule is Cc1cc(C)c(NC(=O)c2cccc([N+](=O)[O-])c2C)c(C)n1. The summed E-state index contributed by atoms with van der Waals surface area (Å²) < 4.78 is 0. The number of pyridine rings is 1. The zero-order chi connectivity index (χ0) is 16.4. The summed E-state index contributed by atoms with van der Waals surface area (Å²) in [5.41, 5.74) is 3.70. The molecule has 0 spiro atoms. The van der Waals surface area contributed by atoms with Gasteiger partial charge in [0.2, 0.25) is 0 Å². The highest BCUT2D eigenvalue weighted by molar-refractivity contribution is 6.06. The van der Waals surface area contributed by atoms with Crippen molar-refractivity contribution in [2.75, 3.05) is 5.32 Å². The average Bonchev–Trinajstić information content (AvgIpc) is 2.42. The maximum Gasteiger partial charge on any atom is 0.273 e. The van der Waals surface area contributed by atoms with Crippen molar-refractivity contribution in [1.29, 1.82) is 0 Å². The predicted octanol–water partition coefficient (Wildman–Crippen LogP) is 3.48. The molecule has 114 valence electrons. The summed E-state index contributed by atoms with van der Waals surface area (Å²) in [7, 11) is 0. The topological polar surface area (TPSA) is 85.1 Å². The number of nitrogens with zero attached hydrogens (tertiary/aromatic N) is 2. The minimum absolute atomic E-state index is 0.0666. The molecule has 1 N–H and O–H groups in total. The van der Waals surface area contributed by atoms with E-state index in [0.717, 1.165) is 11.3 Å². The second-order valence-electron chi connectivity index (χ2n) is 5.20. The van der Waals surface area contributed by atoms with Crippen LogP contribution in [0.15, 0.2) is 24.3 Å². The van der Waals surface area contributed by atoms with Crippen molar-refractivity contribution in [2.24, 2.45) is 0 Å². The number of rotatable bonds is 3. The van der Waals surface area contributed by atoms with E-state index in [2.05, 4.69) is 10.3 Å². The fourth-order valence-corrected chi connectivity index (χ4v) is 2.46.